The Labute approximate surface area is 85.0 Å². The summed E-state index contributed by atoms with van der Waals surface area (Å²) in [6, 6.07) is 0.457. The molecule has 2 fully saturated rings. The molecule has 0 aromatic carbocycles. The molecule has 2 saturated heterocycles. The molecule has 0 N–H and O–H groups in total. The zero-order valence-corrected chi connectivity index (χ0v) is 8.48. The van der Waals surface area contributed by atoms with Crippen LogP contribution >= 0.6 is 0 Å². The lowest BCUT2D eigenvalue weighted by atomic mass is 10.2. The highest BCUT2D eigenvalue weighted by molar-refractivity contribution is 4.89. The molecule has 14 heavy (non-hydrogen) atoms. The minimum absolute atomic E-state index is 0.457. The van der Waals surface area contributed by atoms with E-state index in [1.807, 2.05) is 4.90 Å². The fraction of sp³-hybridized carbons (Fsp3) is 0.900. The Morgan fingerprint density at radius 3 is 2.79 bits per heavy atom. The minimum atomic E-state index is 0.457. The van der Waals surface area contributed by atoms with E-state index in [9.17, 15) is 0 Å². The van der Waals surface area contributed by atoms with Crippen LogP contribution in [0.1, 0.15) is 12.8 Å². The van der Waals surface area contributed by atoms with E-state index in [1.165, 1.54) is 12.8 Å². The van der Waals surface area contributed by atoms with Crippen molar-refractivity contribution in [3.8, 4) is 6.19 Å². The molecular weight excluding hydrogens is 178 g/mol. The van der Waals surface area contributed by atoms with Gasteiger partial charge in [0, 0.05) is 26.2 Å². The normalized spacial score (nSPS) is 29.1. The average Bonchev–Trinajstić information content (AvgIpc) is 2.67. The first-order valence-electron chi connectivity index (χ1n) is 5.36. The van der Waals surface area contributed by atoms with Crippen molar-refractivity contribution in [1.82, 2.24) is 9.80 Å². The molecule has 4 nitrogen and oxygen atoms in total. The molecule has 0 aromatic rings. The van der Waals surface area contributed by atoms with E-state index in [1.54, 1.807) is 0 Å². The Morgan fingerprint density at radius 2 is 2.07 bits per heavy atom. The van der Waals surface area contributed by atoms with E-state index in [-0.39, 0.29) is 0 Å². The van der Waals surface area contributed by atoms with Gasteiger partial charge in [-0.1, -0.05) is 0 Å². The molecule has 0 spiro atoms. The first-order valence-corrected chi connectivity index (χ1v) is 5.36. The second-order valence-corrected chi connectivity index (χ2v) is 4.00. The van der Waals surface area contributed by atoms with Gasteiger partial charge in [-0.05, 0) is 12.8 Å². The minimum Gasteiger partial charge on any atom is -0.379 e. The fourth-order valence-corrected chi connectivity index (χ4v) is 2.24. The van der Waals surface area contributed by atoms with Crippen molar-refractivity contribution in [3.63, 3.8) is 0 Å². The molecule has 4 heteroatoms. The highest BCUT2D eigenvalue weighted by atomic mass is 16.5. The highest BCUT2D eigenvalue weighted by Gasteiger charge is 2.25. The van der Waals surface area contributed by atoms with Crippen molar-refractivity contribution in [1.29, 1.82) is 5.26 Å². The van der Waals surface area contributed by atoms with Gasteiger partial charge < -0.3 is 9.64 Å². The van der Waals surface area contributed by atoms with Crippen LogP contribution in [0.15, 0.2) is 0 Å². The van der Waals surface area contributed by atoms with Gasteiger partial charge in [0.2, 0.25) is 0 Å². The third-order valence-electron chi connectivity index (χ3n) is 3.08. The number of rotatable bonds is 2. The summed E-state index contributed by atoms with van der Waals surface area (Å²) in [5.74, 6) is 0. The number of nitriles is 1. The topological polar surface area (TPSA) is 39.5 Å². The summed E-state index contributed by atoms with van der Waals surface area (Å²) in [5, 5.41) is 8.90. The highest BCUT2D eigenvalue weighted by Crippen LogP contribution is 2.17. The predicted molar refractivity (Wildman–Crippen MR) is 52.6 cm³/mol. The number of likely N-dealkylation sites (tertiary alicyclic amines) is 1. The van der Waals surface area contributed by atoms with Gasteiger partial charge in [0.25, 0.3) is 0 Å². The fourth-order valence-electron chi connectivity index (χ4n) is 2.24. The van der Waals surface area contributed by atoms with Crippen molar-refractivity contribution in [3.05, 3.63) is 0 Å². The largest absolute Gasteiger partial charge is 0.379 e. The maximum atomic E-state index is 8.90. The first-order chi connectivity index (χ1) is 6.90. The molecule has 0 radical (unpaired) electrons. The molecular formula is C10H17N3O. The molecule has 1 atom stereocenters. The van der Waals surface area contributed by atoms with Crippen molar-refractivity contribution >= 4 is 0 Å². The Hall–Kier alpha value is -0.790. The molecule has 0 aromatic heterocycles. The number of ether oxygens (including phenoxy) is 1. The number of morpholine rings is 1. The van der Waals surface area contributed by atoms with Gasteiger partial charge in [-0.25, -0.2) is 0 Å². The van der Waals surface area contributed by atoms with E-state index >= 15 is 0 Å². The van der Waals surface area contributed by atoms with Gasteiger partial charge in [0.1, 0.15) is 0 Å². The smallest absolute Gasteiger partial charge is 0.179 e. The maximum absolute atomic E-state index is 8.90. The van der Waals surface area contributed by atoms with Gasteiger partial charge in [-0.15, -0.1) is 0 Å². The summed E-state index contributed by atoms with van der Waals surface area (Å²) in [7, 11) is 0. The third kappa shape index (κ3) is 2.17. The van der Waals surface area contributed by atoms with Gasteiger partial charge in [-0.3, -0.25) is 4.90 Å². The van der Waals surface area contributed by atoms with Crippen LogP contribution < -0.4 is 0 Å². The molecule has 2 aliphatic heterocycles. The van der Waals surface area contributed by atoms with Crippen LogP contribution in [0.3, 0.4) is 0 Å². The van der Waals surface area contributed by atoms with E-state index in [0.717, 1.165) is 39.4 Å². The predicted octanol–water partition coefficient (Wildman–Crippen LogP) is 0.264. The van der Waals surface area contributed by atoms with Crippen LogP contribution in [0, 0.1) is 11.5 Å². The van der Waals surface area contributed by atoms with E-state index in [2.05, 4.69) is 11.1 Å². The summed E-state index contributed by atoms with van der Waals surface area (Å²) in [6.45, 7) is 5.73. The quantitative estimate of drug-likeness (QED) is 0.593. The molecule has 0 unspecified atom stereocenters. The van der Waals surface area contributed by atoms with Crippen LogP contribution in [-0.4, -0.2) is 55.2 Å². The van der Waals surface area contributed by atoms with Crippen molar-refractivity contribution < 1.29 is 4.74 Å². The number of hydrogen-bond donors (Lipinski definition) is 0. The molecule has 0 saturated carbocycles. The second kappa shape index (κ2) is 4.63. The molecule has 2 rings (SSSR count). The monoisotopic (exact) mass is 195 g/mol. The third-order valence-corrected chi connectivity index (χ3v) is 3.08. The second-order valence-electron chi connectivity index (χ2n) is 4.00. The maximum Gasteiger partial charge on any atom is 0.179 e. The van der Waals surface area contributed by atoms with Crippen LogP contribution in [0.5, 0.6) is 0 Å². The zero-order valence-electron chi connectivity index (χ0n) is 8.48. The van der Waals surface area contributed by atoms with E-state index < -0.39 is 0 Å². The average molecular weight is 195 g/mol. The molecule has 78 valence electrons. The van der Waals surface area contributed by atoms with Gasteiger partial charge >= 0.3 is 0 Å². The van der Waals surface area contributed by atoms with Crippen molar-refractivity contribution in [2.24, 2.45) is 0 Å². The lowest BCUT2D eigenvalue weighted by molar-refractivity contribution is 0.0301. The van der Waals surface area contributed by atoms with Gasteiger partial charge in [0.05, 0.1) is 19.3 Å². The lowest BCUT2D eigenvalue weighted by Crippen LogP contribution is -2.43. The first kappa shape index (κ1) is 9.75. The summed E-state index contributed by atoms with van der Waals surface area (Å²) >= 11 is 0. The Kier molecular flexibility index (Phi) is 3.22. The van der Waals surface area contributed by atoms with Crippen LogP contribution in [0.4, 0.5) is 0 Å². The van der Waals surface area contributed by atoms with Crippen molar-refractivity contribution in [2.45, 2.75) is 18.9 Å². The Balaban J connectivity index is 1.81. The zero-order chi connectivity index (χ0) is 9.80. The standard InChI is InChI=1S/C10H17N3O/c11-9-13-3-1-2-10(13)8-12-4-6-14-7-5-12/h10H,1-8H2/t10-/m0/s1. The van der Waals surface area contributed by atoms with Crippen molar-refractivity contribution in [2.75, 3.05) is 39.4 Å². The number of hydrogen-bond acceptors (Lipinski definition) is 4. The summed E-state index contributed by atoms with van der Waals surface area (Å²) in [6.07, 6.45) is 4.62. The van der Waals surface area contributed by atoms with Gasteiger partial charge in [-0.2, -0.15) is 5.26 Å². The molecule has 2 heterocycles. The van der Waals surface area contributed by atoms with Crippen LogP contribution in [0.2, 0.25) is 0 Å². The summed E-state index contributed by atoms with van der Waals surface area (Å²) in [4.78, 5) is 4.33. The van der Waals surface area contributed by atoms with Gasteiger partial charge in [0.15, 0.2) is 6.19 Å². The lowest BCUT2D eigenvalue weighted by Gasteiger charge is -2.30. The summed E-state index contributed by atoms with van der Waals surface area (Å²) in [5.41, 5.74) is 0. The van der Waals surface area contributed by atoms with Crippen LogP contribution in [0.25, 0.3) is 0 Å². The Bertz CT molecular complexity index is 220. The van der Waals surface area contributed by atoms with Crippen LogP contribution in [-0.2, 0) is 4.74 Å². The number of nitrogens with zero attached hydrogens (tertiary/aromatic N) is 3. The molecule has 0 aliphatic carbocycles. The molecule has 0 amide bonds. The van der Waals surface area contributed by atoms with E-state index in [4.69, 9.17) is 10.00 Å². The molecule has 0 bridgehead atoms. The SMILES string of the molecule is N#CN1CCC[C@H]1CN1CCOCC1. The Morgan fingerprint density at radius 1 is 1.29 bits per heavy atom. The summed E-state index contributed by atoms with van der Waals surface area (Å²) < 4.78 is 5.30. The molecule has 2 aliphatic rings. The van der Waals surface area contributed by atoms with E-state index in [0.29, 0.717) is 6.04 Å².